The summed E-state index contributed by atoms with van der Waals surface area (Å²) in [6.45, 7) is 7.88. The topological polar surface area (TPSA) is 35.8 Å². The van der Waals surface area contributed by atoms with Crippen molar-refractivity contribution >= 4 is 0 Å². The first kappa shape index (κ1) is 14.5. The van der Waals surface area contributed by atoms with Crippen molar-refractivity contribution in [3.05, 3.63) is 0 Å². The molecule has 1 saturated carbocycles. The summed E-state index contributed by atoms with van der Waals surface area (Å²) in [6.07, 6.45) is 8.50. The fourth-order valence-electron chi connectivity index (χ4n) is 2.75. The fraction of sp³-hybridized carbons (Fsp3) is 0.933. The molecule has 0 aromatic rings. The lowest BCUT2D eigenvalue weighted by molar-refractivity contribution is 0.239. The molecule has 0 spiro atoms. The van der Waals surface area contributed by atoms with Crippen LogP contribution in [0.1, 0.15) is 65.7 Å². The minimum absolute atomic E-state index is 0.259. The van der Waals surface area contributed by atoms with Gasteiger partial charge in [-0.15, -0.1) is 0 Å². The van der Waals surface area contributed by atoms with Crippen LogP contribution in [0.5, 0.6) is 0 Å². The molecule has 0 aromatic carbocycles. The van der Waals surface area contributed by atoms with Gasteiger partial charge in [0.1, 0.15) is 0 Å². The van der Waals surface area contributed by atoms with Crippen molar-refractivity contribution in [2.45, 2.75) is 71.8 Å². The standard InChI is InChI=1S/C15H28N2/c1-4-13-7-5-8-14(11-13)17-12-15(2,3)9-6-10-16/h13-14,17H,4-9,11-12H2,1-3H3. The van der Waals surface area contributed by atoms with Crippen LogP contribution in [0.2, 0.25) is 0 Å². The molecule has 0 radical (unpaired) electrons. The van der Waals surface area contributed by atoms with Gasteiger partial charge in [-0.3, -0.25) is 0 Å². The Bertz CT molecular complexity index is 252. The van der Waals surface area contributed by atoms with Crippen LogP contribution in [0.25, 0.3) is 0 Å². The second-order valence-electron chi connectivity index (χ2n) is 6.34. The van der Waals surface area contributed by atoms with Crippen LogP contribution in [-0.4, -0.2) is 12.6 Å². The molecule has 1 fully saturated rings. The Hall–Kier alpha value is -0.550. The van der Waals surface area contributed by atoms with Gasteiger partial charge in [0.15, 0.2) is 0 Å². The van der Waals surface area contributed by atoms with Gasteiger partial charge >= 0.3 is 0 Å². The summed E-state index contributed by atoms with van der Waals surface area (Å²) < 4.78 is 0. The van der Waals surface area contributed by atoms with E-state index >= 15 is 0 Å². The van der Waals surface area contributed by atoms with E-state index in [4.69, 9.17) is 5.26 Å². The zero-order valence-corrected chi connectivity index (χ0v) is 11.8. The maximum absolute atomic E-state index is 8.64. The van der Waals surface area contributed by atoms with E-state index < -0.39 is 0 Å². The Kier molecular flexibility index (Phi) is 5.98. The summed E-state index contributed by atoms with van der Waals surface area (Å²) in [5, 5.41) is 12.4. The average molecular weight is 236 g/mol. The third-order valence-corrected chi connectivity index (χ3v) is 4.14. The van der Waals surface area contributed by atoms with Crippen molar-refractivity contribution in [1.82, 2.24) is 5.32 Å². The van der Waals surface area contributed by atoms with E-state index in [1.807, 2.05) is 0 Å². The van der Waals surface area contributed by atoms with Gasteiger partial charge < -0.3 is 5.32 Å². The number of nitrogens with zero attached hydrogens (tertiary/aromatic N) is 1. The monoisotopic (exact) mass is 236 g/mol. The summed E-state index contributed by atoms with van der Waals surface area (Å²) >= 11 is 0. The Balaban J connectivity index is 2.27. The summed E-state index contributed by atoms with van der Waals surface area (Å²) in [6, 6.07) is 2.97. The normalized spacial score (nSPS) is 25.5. The number of rotatable bonds is 6. The molecule has 1 N–H and O–H groups in total. The van der Waals surface area contributed by atoms with Crippen LogP contribution >= 0.6 is 0 Å². The average Bonchev–Trinajstić information content (AvgIpc) is 2.34. The lowest BCUT2D eigenvalue weighted by Crippen LogP contribution is -2.39. The first-order valence-electron chi connectivity index (χ1n) is 7.17. The second kappa shape index (κ2) is 7.01. The molecule has 2 unspecified atom stereocenters. The Labute approximate surface area is 107 Å². The van der Waals surface area contributed by atoms with Crippen LogP contribution in [-0.2, 0) is 0 Å². The van der Waals surface area contributed by atoms with E-state index in [2.05, 4.69) is 32.2 Å². The van der Waals surface area contributed by atoms with Crippen LogP contribution in [0.4, 0.5) is 0 Å². The molecular formula is C15H28N2. The predicted octanol–water partition coefficient (Wildman–Crippen LogP) is 3.87. The molecule has 17 heavy (non-hydrogen) atoms. The number of hydrogen-bond donors (Lipinski definition) is 1. The number of nitrogens with one attached hydrogen (secondary N) is 1. The first-order valence-corrected chi connectivity index (χ1v) is 7.17. The fourth-order valence-corrected chi connectivity index (χ4v) is 2.75. The highest BCUT2D eigenvalue weighted by molar-refractivity contribution is 4.82. The largest absolute Gasteiger partial charge is 0.313 e. The molecule has 0 aromatic heterocycles. The van der Waals surface area contributed by atoms with Crippen LogP contribution in [0, 0.1) is 22.7 Å². The molecule has 0 amide bonds. The molecule has 0 bridgehead atoms. The van der Waals surface area contributed by atoms with E-state index in [0.29, 0.717) is 6.42 Å². The van der Waals surface area contributed by atoms with Gasteiger partial charge in [-0.25, -0.2) is 0 Å². The predicted molar refractivity (Wildman–Crippen MR) is 72.7 cm³/mol. The zero-order chi connectivity index (χ0) is 12.7. The van der Waals surface area contributed by atoms with Gasteiger partial charge in [-0.05, 0) is 30.6 Å². The molecule has 2 atom stereocenters. The Morgan fingerprint density at radius 3 is 2.76 bits per heavy atom. The molecule has 2 heteroatoms. The minimum atomic E-state index is 0.259. The second-order valence-corrected chi connectivity index (χ2v) is 6.34. The Morgan fingerprint density at radius 1 is 1.35 bits per heavy atom. The molecule has 1 rings (SSSR count). The Morgan fingerprint density at radius 2 is 2.12 bits per heavy atom. The quantitative estimate of drug-likeness (QED) is 0.760. The van der Waals surface area contributed by atoms with Gasteiger partial charge in [-0.2, -0.15) is 5.26 Å². The highest BCUT2D eigenvalue weighted by atomic mass is 14.9. The zero-order valence-electron chi connectivity index (χ0n) is 11.8. The van der Waals surface area contributed by atoms with Crippen LogP contribution < -0.4 is 5.32 Å². The van der Waals surface area contributed by atoms with E-state index in [1.54, 1.807) is 0 Å². The van der Waals surface area contributed by atoms with Crippen LogP contribution in [0.15, 0.2) is 0 Å². The molecule has 0 heterocycles. The summed E-state index contributed by atoms with van der Waals surface area (Å²) in [5.41, 5.74) is 0.259. The van der Waals surface area contributed by atoms with Crippen molar-refractivity contribution in [2.75, 3.05) is 6.54 Å². The third-order valence-electron chi connectivity index (χ3n) is 4.14. The van der Waals surface area contributed by atoms with E-state index in [0.717, 1.165) is 24.9 Å². The van der Waals surface area contributed by atoms with Crippen LogP contribution in [0.3, 0.4) is 0 Å². The molecule has 1 aliphatic carbocycles. The summed E-state index contributed by atoms with van der Waals surface area (Å²) in [4.78, 5) is 0. The number of nitriles is 1. The maximum atomic E-state index is 8.64. The van der Waals surface area contributed by atoms with Crippen molar-refractivity contribution < 1.29 is 0 Å². The summed E-state index contributed by atoms with van der Waals surface area (Å²) in [7, 11) is 0. The SMILES string of the molecule is CCC1CCCC(NCC(C)(C)CCC#N)C1. The van der Waals surface area contributed by atoms with Gasteiger partial charge in [0.2, 0.25) is 0 Å². The van der Waals surface area contributed by atoms with Gasteiger partial charge in [0.05, 0.1) is 6.07 Å². The lowest BCUT2D eigenvalue weighted by atomic mass is 9.83. The van der Waals surface area contributed by atoms with E-state index in [9.17, 15) is 0 Å². The smallest absolute Gasteiger partial charge is 0.0621 e. The molecular weight excluding hydrogens is 208 g/mol. The molecule has 1 aliphatic rings. The van der Waals surface area contributed by atoms with Gasteiger partial charge in [0, 0.05) is 19.0 Å². The highest BCUT2D eigenvalue weighted by Gasteiger charge is 2.23. The minimum Gasteiger partial charge on any atom is -0.313 e. The van der Waals surface area contributed by atoms with Gasteiger partial charge in [-0.1, -0.05) is 40.0 Å². The van der Waals surface area contributed by atoms with Crippen molar-refractivity contribution in [1.29, 1.82) is 5.26 Å². The third kappa shape index (κ3) is 5.55. The highest BCUT2D eigenvalue weighted by Crippen LogP contribution is 2.28. The molecule has 0 saturated heterocycles. The van der Waals surface area contributed by atoms with Gasteiger partial charge in [0.25, 0.3) is 0 Å². The molecule has 98 valence electrons. The molecule has 0 aliphatic heterocycles. The van der Waals surface area contributed by atoms with Crippen molar-refractivity contribution in [2.24, 2.45) is 11.3 Å². The lowest BCUT2D eigenvalue weighted by Gasteiger charge is -2.32. The number of hydrogen-bond acceptors (Lipinski definition) is 2. The molecule has 2 nitrogen and oxygen atoms in total. The summed E-state index contributed by atoms with van der Waals surface area (Å²) in [5.74, 6) is 0.934. The van der Waals surface area contributed by atoms with E-state index in [-0.39, 0.29) is 5.41 Å². The van der Waals surface area contributed by atoms with Crippen molar-refractivity contribution in [3.8, 4) is 6.07 Å². The van der Waals surface area contributed by atoms with Crippen molar-refractivity contribution in [3.63, 3.8) is 0 Å². The van der Waals surface area contributed by atoms with E-state index in [1.165, 1.54) is 32.1 Å². The first-order chi connectivity index (χ1) is 8.07. The maximum Gasteiger partial charge on any atom is 0.0621 e.